The molecule has 0 radical (unpaired) electrons. The minimum atomic E-state index is -0.326. The van der Waals surface area contributed by atoms with Gasteiger partial charge in [-0.05, 0) is 83.8 Å². The number of hydrogen-bond acceptors (Lipinski definition) is 5. The molecular weight excluding hydrogens is 447 g/mol. The number of nitrogens with zero attached hydrogens (tertiary/aromatic N) is 1. The number of anilines is 2. The van der Waals surface area contributed by atoms with Gasteiger partial charge in [0.15, 0.2) is 0 Å². The average molecular weight is 465 g/mol. The molecule has 0 saturated carbocycles. The van der Waals surface area contributed by atoms with E-state index >= 15 is 0 Å². The van der Waals surface area contributed by atoms with E-state index in [0.29, 0.717) is 26.5 Å². The van der Waals surface area contributed by atoms with Crippen LogP contribution in [0.3, 0.4) is 0 Å². The largest absolute Gasteiger partial charge is 0.456 e. The maximum atomic E-state index is 13.0. The van der Waals surface area contributed by atoms with Crippen molar-refractivity contribution in [2.75, 3.05) is 5.32 Å². The smallest absolute Gasteiger partial charge is 0.271 e. The molecule has 0 aliphatic carbocycles. The summed E-state index contributed by atoms with van der Waals surface area (Å²) >= 11 is 4.61. The van der Waals surface area contributed by atoms with Crippen LogP contribution in [0, 0.1) is 5.82 Å². The fourth-order valence-electron chi connectivity index (χ4n) is 2.39. The number of amidine groups is 1. The van der Waals surface area contributed by atoms with Crippen LogP contribution in [0.4, 0.5) is 15.1 Å². The van der Waals surface area contributed by atoms with Crippen LogP contribution in [0.5, 0.6) is 11.5 Å². The van der Waals surface area contributed by atoms with Gasteiger partial charge >= 0.3 is 0 Å². The maximum Gasteiger partial charge on any atom is 0.271 e. The van der Waals surface area contributed by atoms with E-state index in [-0.39, 0.29) is 23.3 Å². The van der Waals surface area contributed by atoms with Gasteiger partial charge in [-0.2, -0.15) is 0 Å². The summed E-state index contributed by atoms with van der Waals surface area (Å²) in [6, 6.07) is 11.1. The summed E-state index contributed by atoms with van der Waals surface area (Å²) in [5, 5.41) is 3.75. The third-order valence-corrected chi connectivity index (χ3v) is 5.00. The number of aromatic nitrogens is 1. The molecule has 0 aliphatic rings. The Bertz CT molecular complexity index is 1060. The maximum absolute atomic E-state index is 13.0. The van der Waals surface area contributed by atoms with Gasteiger partial charge in [0.25, 0.3) is 5.56 Å². The highest BCUT2D eigenvalue weighted by atomic mass is 79.9. The zero-order valence-corrected chi connectivity index (χ0v) is 17.5. The number of benzene rings is 2. The molecule has 0 amide bonds. The molecule has 0 bridgehead atoms. The first kappa shape index (κ1) is 20.1. The normalized spacial score (nSPS) is 11.7. The van der Waals surface area contributed by atoms with Crippen molar-refractivity contribution in [2.45, 2.75) is 19.9 Å². The Kier molecular flexibility index (Phi) is 6.15. The van der Waals surface area contributed by atoms with Crippen LogP contribution in [0.25, 0.3) is 0 Å². The Balaban J connectivity index is 1.82. The van der Waals surface area contributed by atoms with Crippen LogP contribution in [-0.2, 0) is 0 Å². The van der Waals surface area contributed by atoms with Gasteiger partial charge in [-0.1, -0.05) is 0 Å². The molecule has 4 N–H and O–H groups in total. The predicted molar refractivity (Wildman–Crippen MR) is 115 cm³/mol. The lowest BCUT2D eigenvalue weighted by atomic mass is 10.2. The molecule has 1 aromatic heterocycles. The predicted octanol–water partition coefficient (Wildman–Crippen LogP) is 4.99. The Morgan fingerprint density at radius 1 is 1.29 bits per heavy atom. The van der Waals surface area contributed by atoms with E-state index in [9.17, 15) is 9.18 Å². The number of hydrogen-bond donors (Lipinski definition) is 3. The molecule has 0 spiro atoms. The molecule has 0 aliphatic heterocycles. The van der Waals surface area contributed by atoms with E-state index in [0.717, 1.165) is 17.2 Å². The summed E-state index contributed by atoms with van der Waals surface area (Å²) in [6.45, 7) is 3.77. The van der Waals surface area contributed by atoms with E-state index < -0.39 is 0 Å². The van der Waals surface area contributed by atoms with E-state index in [4.69, 9.17) is 10.5 Å². The van der Waals surface area contributed by atoms with Crippen LogP contribution in [0.2, 0.25) is 0 Å². The van der Waals surface area contributed by atoms with Crippen molar-refractivity contribution in [3.63, 3.8) is 0 Å². The first-order chi connectivity index (χ1) is 13.3. The fraction of sp³-hybridized carbons (Fsp3) is 0.158. The lowest BCUT2D eigenvalue weighted by molar-refractivity contribution is 0.477. The van der Waals surface area contributed by atoms with Crippen LogP contribution in [0.15, 0.2) is 56.7 Å². The summed E-state index contributed by atoms with van der Waals surface area (Å²) in [5.74, 6) is 0.954. The van der Waals surface area contributed by atoms with Crippen LogP contribution >= 0.6 is 27.5 Å². The third-order valence-electron chi connectivity index (χ3n) is 3.58. The number of nitrogens with two attached hydrogens (primary N) is 1. The van der Waals surface area contributed by atoms with Gasteiger partial charge in [-0.15, -0.1) is 0 Å². The number of rotatable bonds is 6. The Hall–Kier alpha value is -2.65. The molecule has 0 fully saturated rings. The second-order valence-electron chi connectivity index (χ2n) is 6.17. The molecular formula is C19H18BrFN4O2S. The fourth-order valence-corrected chi connectivity index (χ4v) is 3.61. The number of H-pyrrole nitrogens is 1. The van der Waals surface area contributed by atoms with Gasteiger partial charge in [-0.25, -0.2) is 4.39 Å². The molecule has 9 heteroatoms. The van der Waals surface area contributed by atoms with Crippen molar-refractivity contribution in [1.29, 1.82) is 0 Å². The Labute approximate surface area is 173 Å². The number of aromatic amines is 1. The monoisotopic (exact) mass is 464 g/mol. The van der Waals surface area contributed by atoms with Crippen LogP contribution < -0.4 is 21.3 Å². The molecule has 3 aromatic rings. The average Bonchev–Trinajstić information content (AvgIpc) is 2.99. The topological polar surface area (TPSA) is 92.5 Å². The van der Waals surface area contributed by atoms with Gasteiger partial charge in [0.2, 0.25) is 0 Å². The minimum Gasteiger partial charge on any atom is -0.456 e. The van der Waals surface area contributed by atoms with Crippen molar-refractivity contribution in [2.24, 2.45) is 10.7 Å². The van der Waals surface area contributed by atoms with Gasteiger partial charge in [-0.3, -0.25) is 14.2 Å². The Morgan fingerprint density at radius 2 is 2.00 bits per heavy atom. The summed E-state index contributed by atoms with van der Waals surface area (Å²) in [5.41, 5.74) is 6.75. The number of halogens is 2. The van der Waals surface area contributed by atoms with Gasteiger partial charge in [0.05, 0.1) is 4.47 Å². The van der Waals surface area contributed by atoms with E-state index in [1.165, 1.54) is 12.1 Å². The van der Waals surface area contributed by atoms with E-state index in [2.05, 4.69) is 30.6 Å². The lowest BCUT2D eigenvalue weighted by Gasteiger charge is -2.11. The zero-order chi connectivity index (χ0) is 20.3. The van der Waals surface area contributed by atoms with Crippen LogP contribution in [0.1, 0.15) is 19.4 Å². The molecule has 2 aromatic carbocycles. The van der Waals surface area contributed by atoms with Gasteiger partial charge in [0.1, 0.15) is 33.7 Å². The van der Waals surface area contributed by atoms with Gasteiger partial charge < -0.3 is 15.8 Å². The van der Waals surface area contributed by atoms with Crippen molar-refractivity contribution >= 4 is 44.0 Å². The molecule has 0 atom stereocenters. The second-order valence-corrected chi connectivity index (χ2v) is 7.84. The summed E-state index contributed by atoms with van der Waals surface area (Å²) in [4.78, 5) is 16.4. The number of aliphatic imine (C=N–C) groups is 1. The quantitative estimate of drug-likeness (QED) is 0.353. The van der Waals surface area contributed by atoms with Gasteiger partial charge in [0, 0.05) is 11.7 Å². The lowest BCUT2D eigenvalue weighted by Crippen LogP contribution is -2.23. The molecule has 1 heterocycles. The van der Waals surface area contributed by atoms with Crippen molar-refractivity contribution in [3.8, 4) is 11.5 Å². The molecule has 0 saturated heterocycles. The highest BCUT2D eigenvalue weighted by molar-refractivity contribution is 9.10. The van der Waals surface area contributed by atoms with Crippen molar-refractivity contribution in [1.82, 2.24) is 4.37 Å². The standard InChI is InChI=1S/C19H18BrFN4O2S/c1-10(2)23-17(22)16-18(26)25-28-19(16)24-12-5-8-15(14(20)9-12)27-13-6-3-11(21)4-7-13/h3-10,24H,1-2H3,(H2,22,23)(H,25,26). The molecule has 6 nitrogen and oxygen atoms in total. The molecule has 3 rings (SSSR count). The van der Waals surface area contributed by atoms with E-state index in [1.807, 2.05) is 19.9 Å². The van der Waals surface area contributed by atoms with Crippen molar-refractivity contribution < 1.29 is 9.13 Å². The highest BCUT2D eigenvalue weighted by Crippen LogP contribution is 2.33. The Morgan fingerprint density at radius 3 is 2.64 bits per heavy atom. The third kappa shape index (κ3) is 4.79. The SMILES string of the molecule is CC(C)N=C(N)c1c(Nc2ccc(Oc3ccc(F)cc3)c(Br)c2)s[nH]c1=O. The minimum absolute atomic E-state index is 0.0239. The summed E-state index contributed by atoms with van der Waals surface area (Å²) < 4.78 is 22.1. The summed E-state index contributed by atoms with van der Waals surface area (Å²) in [7, 11) is 0. The van der Waals surface area contributed by atoms with Crippen molar-refractivity contribution in [3.05, 3.63) is 68.7 Å². The van der Waals surface area contributed by atoms with E-state index in [1.54, 1.807) is 24.3 Å². The number of nitrogens with one attached hydrogen (secondary N) is 2. The second kappa shape index (κ2) is 8.57. The highest BCUT2D eigenvalue weighted by Gasteiger charge is 2.16. The molecule has 0 unspecified atom stereocenters. The molecule has 28 heavy (non-hydrogen) atoms. The molecule has 146 valence electrons. The summed E-state index contributed by atoms with van der Waals surface area (Å²) in [6.07, 6.45) is 0. The zero-order valence-electron chi connectivity index (χ0n) is 15.1. The number of ether oxygens (including phenoxy) is 1. The first-order valence-corrected chi connectivity index (χ1v) is 9.99. The van der Waals surface area contributed by atoms with Crippen LogP contribution in [-0.4, -0.2) is 16.3 Å². The first-order valence-electron chi connectivity index (χ1n) is 8.38.